The average molecular weight is 595 g/mol. The third-order valence-electron chi connectivity index (χ3n) is 7.52. The highest BCUT2D eigenvalue weighted by Gasteiger charge is 2.76. The molecule has 4 rings (SSSR count). The molecule has 0 aromatic heterocycles. The Hall–Kier alpha value is -2.20. The highest BCUT2D eigenvalue weighted by Crippen LogP contribution is 2.60. The number of nitrogens with zero attached hydrogens (tertiary/aromatic N) is 3. The Balaban J connectivity index is 1.77. The maximum absolute atomic E-state index is 14.3. The Morgan fingerprint density at radius 2 is 1.92 bits per heavy atom. The van der Waals surface area contributed by atoms with Gasteiger partial charge in [0.25, 0.3) is 5.91 Å². The molecule has 8 nitrogen and oxygen atoms in total. The van der Waals surface area contributed by atoms with Crippen LogP contribution in [0.4, 0.5) is 5.69 Å². The van der Waals surface area contributed by atoms with Crippen LogP contribution in [0.1, 0.15) is 19.8 Å². The van der Waals surface area contributed by atoms with E-state index in [1.807, 2.05) is 6.92 Å². The van der Waals surface area contributed by atoms with Gasteiger partial charge in [0, 0.05) is 41.7 Å². The average Bonchev–Trinajstić information content (AvgIpc) is 3.46. The molecule has 2 bridgehead atoms. The number of hydrogen-bond donors (Lipinski definition) is 1. The first-order valence-corrected chi connectivity index (χ1v) is 13.9. The molecular weight excluding hydrogens is 562 g/mol. The molecule has 6 atom stereocenters. The lowest BCUT2D eigenvalue weighted by molar-refractivity contribution is -0.145. The first-order valence-electron chi connectivity index (χ1n) is 12.6. The van der Waals surface area contributed by atoms with E-state index >= 15 is 0 Å². The molecule has 3 unspecified atom stereocenters. The number of β-amino-alcohol motifs (C(OH)–C–C–N with tert-alkyl or cyclic N) is 1. The summed E-state index contributed by atoms with van der Waals surface area (Å²) in [4.78, 5) is 46.4. The quantitative estimate of drug-likeness (QED) is 0.314. The van der Waals surface area contributed by atoms with Crippen molar-refractivity contribution in [1.29, 1.82) is 0 Å². The van der Waals surface area contributed by atoms with Crippen molar-refractivity contribution >= 4 is 50.9 Å². The van der Waals surface area contributed by atoms with E-state index in [0.29, 0.717) is 30.2 Å². The molecule has 37 heavy (non-hydrogen) atoms. The molecule has 0 radical (unpaired) electrons. The summed E-state index contributed by atoms with van der Waals surface area (Å²) in [5.74, 6) is -2.42. The van der Waals surface area contributed by atoms with Crippen molar-refractivity contribution in [3.05, 3.63) is 54.6 Å². The van der Waals surface area contributed by atoms with E-state index < -0.39 is 29.6 Å². The van der Waals surface area contributed by atoms with E-state index in [0.717, 1.165) is 6.42 Å². The third kappa shape index (κ3) is 4.64. The summed E-state index contributed by atoms with van der Waals surface area (Å²) in [5, 5.41) is 10.4. The maximum atomic E-state index is 14.3. The van der Waals surface area contributed by atoms with Crippen LogP contribution < -0.4 is 4.90 Å². The number of aliphatic hydroxyl groups excluding tert-OH is 1. The summed E-state index contributed by atoms with van der Waals surface area (Å²) in [6.45, 7) is 10.3. The standard InChI is InChI=1S/C27H33BrClN3O5/c1-4-11-30(12-5-2)24(34)20-21-25(35)32(14-15-33)23(27(21)16-19(28)22(20)37-27)26(36)31(13-6-3)18-9-7-17(29)8-10-18/h4,6-10,19-23,33H,1,3,5,11-16H2,2H3/t19?,20-,21-,22-,23?,27?/m0/s1. The van der Waals surface area contributed by atoms with Crippen LogP contribution in [0.3, 0.4) is 0 Å². The molecule has 1 aromatic rings. The van der Waals surface area contributed by atoms with Crippen LogP contribution in [0.25, 0.3) is 0 Å². The van der Waals surface area contributed by atoms with E-state index in [4.69, 9.17) is 16.3 Å². The fourth-order valence-electron chi connectivity index (χ4n) is 6.19. The van der Waals surface area contributed by atoms with E-state index in [-0.39, 0.29) is 42.2 Å². The van der Waals surface area contributed by atoms with Crippen molar-refractivity contribution in [2.45, 2.75) is 42.3 Å². The second-order valence-electron chi connectivity index (χ2n) is 9.71. The first kappa shape index (κ1) is 27.8. The van der Waals surface area contributed by atoms with Gasteiger partial charge in [-0.05, 0) is 37.1 Å². The molecule has 3 amide bonds. The zero-order valence-corrected chi connectivity index (χ0v) is 23.2. The molecule has 3 fully saturated rings. The monoisotopic (exact) mass is 593 g/mol. The van der Waals surface area contributed by atoms with Gasteiger partial charge in [-0.3, -0.25) is 14.4 Å². The fourth-order valence-corrected chi connectivity index (χ4v) is 7.26. The maximum Gasteiger partial charge on any atom is 0.253 e. The molecular formula is C27H33BrClN3O5. The lowest BCUT2D eigenvalue weighted by Gasteiger charge is -2.37. The van der Waals surface area contributed by atoms with Crippen LogP contribution in [-0.4, -0.2) is 88.0 Å². The van der Waals surface area contributed by atoms with Crippen LogP contribution in [0.2, 0.25) is 5.02 Å². The highest BCUT2D eigenvalue weighted by molar-refractivity contribution is 9.09. The molecule has 0 saturated carbocycles. The predicted octanol–water partition coefficient (Wildman–Crippen LogP) is 3.02. The SMILES string of the molecule is C=CCN(CCC)C(=O)[C@H]1[C@H]2C(=O)N(CCO)C(C(=O)N(CC=C)c3ccc(Cl)cc3)C23CC(Br)[C@@H]1O3. The number of fused-ring (bicyclic) bond motifs is 1. The van der Waals surface area contributed by atoms with Crippen molar-refractivity contribution in [3.8, 4) is 0 Å². The summed E-state index contributed by atoms with van der Waals surface area (Å²) >= 11 is 9.76. The van der Waals surface area contributed by atoms with Gasteiger partial charge in [0.1, 0.15) is 11.6 Å². The Bertz CT molecular complexity index is 1070. The van der Waals surface area contributed by atoms with Gasteiger partial charge in [-0.25, -0.2) is 0 Å². The lowest BCUT2D eigenvalue weighted by atomic mass is 9.70. The van der Waals surface area contributed by atoms with E-state index in [1.54, 1.807) is 46.2 Å². The second-order valence-corrected chi connectivity index (χ2v) is 11.3. The molecule has 3 aliphatic rings. The van der Waals surface area contributed by atoms with Crippen molar-refractivity contribution in [1.82, 2.24) is 9.80 Å². The summed E-state index contributed by atoms with van der Waals surface area (Å²) in [6.07, 6.45) is 3.89. The normalized spacial score (nSPS) is 29.8. The summed E-state index contributed by atoms with van der Waals surface area (Å²) in [6, 6.07) is 5.84. The van der Waals surface area contributed by atoms with Crippen molar-refractivity contribution < 1.29 is 24.2 Å². The van der Waals surface area contributed by atoms with Crippen LogP contribution in [0.15, 0.2) is 49.6 Å². The molecule has 200 valence electrons. The number of benzene rings is 1. The molecule has 3 heterocycles. The number of ether oxygens (including phenoxy) is 1. The van der Waals surface area contributed by atoms with Crippen molar-refractivity contribution in [2.75, 3.05) is 37.7 Å². The summed E-state index contributed by atoms with van der Waals surface area (Å²) in [7, 11) is 0. The number of alkyl halides is 1. The molecule has 1 N–H and O–H groups in total. The Morgan fingerprint density at radius 1 is 1.24 bits per heavy atom. The largest absolute Gasteiger partial charge is 0.395 e. The molecule has 0 aliphatic carbocycles. The molecule has 1 aromatic carbocycles. The number of carbonyl (C=O) groups is 3. The van der Waals surface area contributed by atoms with E-state index in [9.17, 15) is 19.5 Å². The first-order chi connectivity index (χ1) is 17.7. The summed E-state index contributed by atoms with van der Waals surface area (Å²) in [5.41, 5.74) is -0.596. The number of rotatable bonds is 11. The van der Waals surface area contributed by atoms with Gasteiger partial charge in [-0.15, -0.1) is 13.2 Å². The molecule has 1 spiro atoms. The van der Waals surface area contributed by atoms with Gasteiger partial charge in [-0.1, -0.05) is 46.6 Å². The zero-order valence-electron chi connectivity index (χ0n) is 20.9. The predicted molar refractivity (Wildman–Crippen MR) is 146 cm³/mol. The number of amides is 3. The van der Waals surface area contributed by atoms with Gasteiger partial charge in [-0.2, -0.15) is 0 Å². The number of hydrogen-bond acceptors (Lipinski definition) is 5. The van der Waals surface area contributed by atoms with E-state index in [2.05, 4.69) is 29.1 Å². The molecule has 10 heteroatoms. The minimum absolute atomic E-state index is 0.0384. The highest BCUT2D eigenvalue weighted by atomic mass is 79.9. The number of halogens is 2. The second kappa shape index (κ2) is 11.3. The minimum Gasteiger partial charge on any atom is -0.395 e. The Labute approximate surface area is 231 Å². The molecule has 3 saturated heterocycles. The van der Waals surface area contributed by atoms with Gasteiger partial charge in [0.05, 0.1) is 24.5 Å². The Kier molecular flexibility index (Phi) is 8.48. The van der Waals surface area contributed by atoms with Gasteiger partial charge in [0.15, 0.2) is 0 Å². The number of carbonyl (C=O) groups excluding carboxylic acids is 3. The smallest absolute Gasteiger partial charge is 0.253 e. The number of aliphatic hydroxyl groups is 1. The molecule has 3 aliphatic heterocycles. The third-order valence-corrected chi connectivity index (χ3v) is 8.62. The minimum atomic E-state index is -1.19. The number of anilines is 1. The van der Waals surface area contributed by atoms with Crippen LogP contribution in [0.5, 0.6) is 0 Å². The van der Waals surface area contributed by atoms with E-state index in [1.165, 1.54) is 4.90 Å². The van der Waals surface area contributed by atoms with Crippen molar-refractivity contribution in [2.24, 2.45) is 11.8 Å². The van der Waals surface area contributed by atoms with Crippen LogP contribution in [-0.2, 0) is 19.1 Å². The fraction of sp³-hybridized carbons (Fsp3) is 0.519. The number of likely N-dealkylation sites (tertiary alicyclic amines) is 1. The van der Waals surface area contributed by atoms with Gasteiger partial charge < -0.3 is 24.5 Å². The van der Waals surface area contributed by atoms with Gasteiger partial charge >= 0.3 is 0 Å². The zero-order chi connectivity index (χ0) is 26.9. The van der Waals surface area contributed by atoms with Crippen molar-refractivity contribution in [3.63, 3.8) is 0 Å². The lowest BCUT2D eigenvalue weighted by Crippen LogP contribution is -2.57. The summed E-state index contributed by atoms with van der Waals surface area (Å²) < 4.78 is 6.54. The topological polar surface area (TPSA) is 90.4 Å². The van der Waals surface area contributed by atoms with Crippen LogP contribution >= 0.6 is 27.5 Å². The van der Waals surface area contributed by atoms with Crippen LogP contribution in [0, 0.1) is 11.8 Å². The Morgan fingerprint density at radius 3 is 2.51 bits per heavy atom. The van der Waals surface area contributed by atoms with Gasteiger partial charge in [0.2, 0.25) is 11.8 Å².